The van der Waals surface area contributed by atoms with Crippen molar-refractivity contribution in [2.24, 2.45) is 0 Å². The van der Waals surface area contributed by atoms with E-state index in [1.807, 2.05) is 31.4 Å². The zero-order valence-corrected chi connectivity index (χ0v) is 15.3. The number of carbonyl (C=O) groups is 1. The van der Waals surface area contributed by atoms with Crippen LogP contribution in [0.3, 0.4) is 0 Å². The van der Waals surface area contributed by atoms with Crippen LogP contribution >= 0.6 is 11.3 Å². The highest BCUT2D eigenvalue weighted by Gasteiger charge is 2.25. The number of rotatable bonds is 5. The fourth-order valence-corrected chi connectivity index (χ4v) is 4.06. The van der Waals surface area contributed by atoms with E-state index in [0.717, 1.165) is 23.5 Å². The molecule has 2 heterocycles. The van der Waals surface area contributed by atoms with Gasteiger partial charge >= 0.3 is 0 Å². The van der Waals surface area contributed by atoms with E-state index in [1.54, 1.807) is 23.5 Å². The van der Waals surface area contributed by atoms with Gasteiger partial charge in [-0.15, -0.1) is 11.3 Å². The van der Waals surface area contributed by atoms with Crippen LogP contribution in [0, 0.1) is 5.82 Å². The van der Waals surface area contributed by atoms with Gasteiger partial charge in [0.15, 0.2) is 0 Å². The molecule has 1 aromatic carbocycles. The van der Waals surface area contributed by atoms with Gasteiger partial charge in [-0.2, -0.15) is 0 Å². The van der Waals surface area contributed by atoms with Crippen LogP contribution in [-0.4, -0.2) is 42.6 Å². The average molecular weight is 362 g/mol. The minimum absolute atomic E-state index is 0.0379. The largest absolute Gasteiger partial charge is 0.373 e. The molecule has 2 aromatic rings. The molecule has 3 atom stereocenters. The van der Waals surface area contributed by atoms with E-state index >= 15 is 0 Å². The third-order valence-electron chi connectivity index (χ3n) is 4.20. The van der Waals surface area contributed by atoms with Crippen LogP contribution in [0.1, 0.15) is 30.3 Å². The molecule has 0 radical (unpaired) electrons. The van der Waals surface area contributed by atoms with Gasteiger partial charge < -0.3 is 10.1 Å². The van der Waals surface area contributed by atoms with Gasteiger partial charge in [-0.3, -0.25) is 9.69 Å². The summed E-state index contributed by atoms with van der Waals surface area (Å²) in [6.07, 6.45) is 0.253. The molecule has 0 spiro atoms. The Morgan fingerprint density at radius 1 is 1.28 bits per heavy atom. The number of hydrogen-bond donors (Lipinski definition) is 1. The molecule has 1 aliphatic heterocycles. The Bertz CT molecular complexity index is 680. The van der Waals surface area contributed by atoms with Crippen LogP contribution in [0.5, 0.6) is 0 Å². The zero-order valence-electron chi connectivity index (χ0n) is 14.4. The van der Waals surface area contributed by atoms with Crippen LogP contribution < -0.4 is 5.32 Å². The Labute approximate surface area is 151 Å². The number of nitrogens with zero attached hydrogens (tertiary/aromatic N) is 1. The summed E-state index contributed by atoms with van der Waals surface area (Å²) < 4.78 is 18.9. The van der Waals surface area contributed by atoms with Crippen molar-refractivity contribution >= 4 is 17.2 Å². The lowest BCUT2D eigenvalue weighted by atomic mass is 10.1. The summed E-state index contributed by atoms with van der Waals surface area (Å²) in [5.41, 5.74) is 0.876. The maximum absolute atomic E-state index is 13.2. The number of nitrogens with one attached hydrogen (secondary N) is 1. The van der Waals surface area contributed by atoms with Crippen molar-refractivity contribution in [3.8, 4) is 0 Å². The smallest absolute Gasteiger partial charge is 0.234 e. The standard InChI is InChI=1S/C19H23FN2O2S/c1-13-10-22(11-14(2)24-13)12-18(23)21-19(17-4-3-9-25-17)15-5-7-16(20)8-6-15/h3-9,13-14,19H,10-12H2,1-2H3,(H,21,23). The highest BCUT2D eigenvalue weighted by atomic mass is 32.1. The van der Waals surface area contributed by atoms with Crippen LogP contribution in [-0.2, 0) is 9.53 Å². The Hall–Kier alpha value is -1.76. The number of morpholine rings is 1. The normalized spacial score (nSPS) is 22.5. The predicted octanol–water partition coefficient (Wildman–Crippen LogP) is 3.20. The highest BCUT2D eigenvalue weighted by Crippen LogP contribution is 2.26. The molecule has 25 heavy (non-hydrogen) atoms. The van der Waals surface area contributed by atoms with Crippen molar-refractivity contribution in [3.63, 3.8) is 0 Å². The van der Waals surface area contributed by atoms with Crippen molar-refractivity contribution in [3.05, 3.63) is 58.0 Å². The van der Waals surface area contributed by atoms with E-state index in [2.05, 4.69) is 10.2 Å². The van der Waals surface area contributed by atoms with Gasteiger partial charge in [0.25, 0.3) is 0 Å². The Morgan fingerprint density at radius 2 is 1.96 bits per heavy atom. The van der Waals surface area contributed by atoms with Gasteiger partial charge in [-0.25, -0.2) is 4.39 Å². The predicted molar refractivity (Wildman–Crippen MR) is 97.2 cm³/mol. The summed E-state index contributed by atoms with van der Waals surface area (Å²) in [6, 6.07) is 9.97. The Morgan fingerprint density at radius 3 is 2.56 bits per heavy atom. The summed E-state index contributed by atoms with van der Waals surface area (Å²) in [4.78, 5) is 15.8. The van der Waals surface area contributed by atoms with Gasteiger partial charge in [-0.1, -0.05) is 18.2 Å². The molecule has 0 saturated carbocycles. The Kier molecular flexibility index (Phi) is 5.83. The SMILES string of the molecule is CC1CN(CC(=O)NC(c2ccc(F)cc2)c2cccs2)CC(C)O1. The Balaban J connectivity index is 1.70. The first-order valence-electron chi connectivity index (χ1n) is 8.47. The second-order valence-corrected chi connectivity index (χ2v) is 7.50. The maximum Gasteiger partial charge on any atom is 0.234 e. The third kappa shape index (κ3) is 4.87. The number of thiophene rings is 1. The van der Waals surface area contributed by atoms with Crippen molar-refractivity contribution in [1.82, 2.24) is 10.2 Å². The number of hydrogen-bond acceptors (Lipinski definition) is 4. The number of amides is 1. The highest BCUT2D eigenvalue weighted by molar-refractivity contribution is 7.10. The van der Waals surface area contributed by atoms with E-state index in [-0.39, 0.29) is 30.0 Å². The molecule has 1 N–H and O–H groups in total. The van der Waals surface area contributed by atoms with E-state index in [0.29, 0.717) is 6.54 Å². The first kappa shape index (κ1) is 18.0. The first-order valence-corrected chi connectivity index (χ1v) is 9.35. The van der Waals surface area contributed by atoms with Gasteiger partial charge in [-0.05, 0) is 43.0 Å². The maximum atomic E-state index is 13.2. The molecule has 1 aromatic heterocycles. The van der Waals surface area contributed by atoms with E-state index < -0.39 is 0 Å². The summed E-state index contributed by atoms with van der Waals surface area (Å²) in [5.74, 6) is -0.319. The molecule has 3 rings (SSSR count). The molecule has 1 aliphatic rings. The molecule has 1 saturated heterocycles. The van der Waals surface area contributed by atoms with E-state index in [4.69, 9.17) is 4.74 Å². The molecule has 0 bridgehead atoms. The lowest BCUT2D eigenvalue weighted by Gasteiger charge is -2.35. The third-order valence-corrected chi connectivity index (χ3v) is 5.14. The molecule has 6 heteroatoms. The number of ether oxygens (including phenoxy) is 1. The summed E-state index contributed by atoms with van der Waals surface area (Å²) in [7, 11) is 0. The molecule has 134 valence electrons. The lowest BCUT2D eigenvalue weighted by molar-refractivity contribution is -0.126. The second-order valence-electron chi connectivity index (χ2n) is 6.52. The quantitative estimate of drug-likeness (QED) is 0.888. The lowest BCUT2D eigenvalue weighted by Crippen LogP contribution is -2.49. The first-order chi connectivity index (χ1) is 12.0. The molecule has 1 amide bonds. The monoisotopic (exact) mass is 362 g/mol. The zero-order chi connectivity index (χ0) is 17.8. The average Bonchev–Trinajstić information content (AvgIpc) is 3.06. The molecule has 3 unspecified atom stereocenters. The molecule has 4 nitrogen and oxygen atoms in total. The van der Waals surface area contributed by atoms with E-state index in [1.165, 1.54) is 12.1 Å². The van der Waals surface area contributed by atoms with Gasteiger partial charge in [0.1, 0.15) is 5.82 Å². The fraction of sp³-hybridized carbons (Fsp3) is 0.421. The van der Waals surface area contributed by atoms with Crippen LogP contribution in [0.2, 0.25) is 0 Å². The van der Waals surface area contributed by atoms with Crippen molar-refractivity contribution in [2.75, 3.05) is 19.6 Å². The van der Waals surface area contributed by atoms with E-state index in [9.17, 15) is 9.18 Å². The fourth-order valence-electron chi connectivity index (χ4n) is 3.25. The van der Waals surface area contributed by atoms with Crippen molar-refractivity contribution in [1.29, 1.82) is 0 Å². The van der Waals surface area contributed by atoms with Gasteiger partial charge in [0, 0.05) is 18.0 Å². The van der Waals surface area contributed by atoms with Crippen LogP contribution in [0.15, 0.2) is 41.8 Å². The number of benzene rings is 1. The number of halogens is 1. The molecular weight excluding hydrogens is 339 g/mol. The van der Waals surface area contributed by atoms with Crippen LogP contribution in [0.4, 0.5) is 4.39 Å². The topological polar surface area (TPSA) is 41.6 Å². The van der Waals surface area contributed by atoms with Gasteiger partial charge in [0.2, 0.25) is 5.91 Å². The van der Waals surface area contributed by atoms with Crippen molar-refractivity contribution in [2.45, 2.75) is 32.1 Å². The van der Waals surface area contributed by atoms with Crippen LogP contribution in [0.25, 0.3) is 0 Å². The molecule has 1 fully saturated rings. The summed E-state index contributed by atoms with van der Waals surface area (Å²) >= 11 is 1.58. The summed E-state index contributed by atoms with van der Waals surface area (Å²) in [6.45, 7) is 5.87. The molecule has 0 aliphatic carbocycles. The summed E-state index contributed by atoms with van der Waals surface area (Å²) in [5, 5.41) is 5.07. The second kappa shape index (κ2) is 8.08. The molecular formula is C19H23FN2O2S. The minimum Gasteiger partial charge on any atom is -0.373 e. The van der Waals surface area contributed by atoms with Gasteiger partial charge in [0.05, 0.1) is 24.8 Å². The van der Waals surface area contributed by atoms with Crippen molar-refractivity contribution < 1.29 is 13.9 Å². The number of carbonyl (C=O) groups excluding carboxylic acids is 1. The minimum atomic E-state index is -0.281.